The summed E-state index contributed by atoms with van der Waals surface area (Å²) in [7, 11) is 1.72. The molecular formula is C19H18N2O5. The van der Waals surface area contributed by atoms with E-state index in [-0.39, 0.29) is 24.5 Å². The van der Waals surface area contributed by atoms with Crippen LogP contribution < -0.4 is 19.5 Å². The molecule has 1 atom stereocenters. The minimum absolute atomic E-state index is 0.0485. The second-order valence-electron chi connectivity index (χ2n) is 6.23. The van der Waals surface area contributed by atoms with Crippen molar-refractivity contribution in [2.75, 3.05) is 32.1 Å². The number of anilines is 1. The summed E-state index contributed by atoms with van der Waals surface area (Å²) in [6.45, 7) is 0.725. The van der Waals surface area contributed by atoms with Gasteiger partial charge in [-0.15, -0.1) is 0 Å². The quantitative estimate of drug-likeness (QED) is 0.911. The molecule has 2 aromatic rings. The molecule has 0 aliphatic carbocycles. The normalized spacial score (nSPS) is 17.6. The molecule has 26 heavy (non-hydrogen) atoms. The molecular weight excluding hydrogens is 336 g/mol. The second kappa shape index (κ2) is 6.59. The van der Waals surface area contributed by atoms with E-state index in [0.717, 1.165) is 0 Å². The lowest BCUT2D eigenvalue weighted by Gasteiger charge is -2.29. The van der Waals surface area contributed by atoms with Gasteiger partial charge in [0.05, 0.1) is 12.2 Å². The lowest BCUT2D eigenvalue weighted by molar-refractivity contribution is -0.118. The van der Waals surface area contributed by atoms with Crippen LogP contribution in [0.5, 0.6) is 17.2 Å². The second-order valence-corrected chi connectivity index (χ2v) is 6.23. The average molecular weight is 354 g/mol. The van der Waals surface area contributed by atoms with E-state index in [1.165, 1.54) is 0 Å². The minimum atomic E-state index is -0.244. The topological polar surface area (TPSA) is 77.1 Å². The van der Waals surface area contributed by atoms with Gasteiger partial charge < -0.3 is 24.4 Å². The van der Waals surface area contributed by atoms with E-state index in [0.29, 0.717) is 41.7 Å². The lowest BCUT2D eigenvalue weighted by atomic mass is 10.1. The fourth-order valence-electron chi connectivity index (χ4n) is 2.97. The van der Waals surface area contributed by atoms with Crippen molar-refractivity contribution >= 4 is 17.5 Å². The molecule has 0 radical (unpaired) electrons. The Hall–Kier alpha value is -3.22. The first kappa shape index (κ1) is 16.3. The Morgan fingerprint density at radius 1 is 1.15 bits per heavy atom. The highest BCUT2D eigenvalue weighted by molar-refractivity contribution is 5.98. The van der Waals surface area contributed by atoms with Crippen LogP contribution in [0.15, 0.2) is 42.5 Å². The Morgan fingerprint density at radius 2 is 1.96 bits per heavy atom. The van der Waals surface area contributed by atoms with Gasteiger partial charge in [0.25, 0.3) is 11.8 Å². The Bertz CT molecular complexity index is 867. The molecule has 7 heteroatoms. The van der Waals surface area contributed by atoms with Crippen LogP contribution in [-0.2, 0) is 4.79 Å². The molecule has 0 saturated carbocycles. The largest absolute Gasteiger partial charge is 0.486 e. The molecule has 2 amide bonds. The summed E-state index contributed by atoms with van der Waals surface area (Å²) in [6.07, 6.45) is -0.244. The maximum Gasteiger partial charge on any atom is 0.262 e. The number of hydrogen-bond acceptors (Lipinski definition) is 5. The van der Waals surface area contributed by atoms with Crippen molar-refractivity contribution in [2.24, 2.45) is 0 Å². The summed E-state index contributed by atoms with van der Waals surface area (Å²) in [5.41, 5.74) is 1.06. The van der Waals surface area contributed by atoms with Gasteiger partial charge in [-0.1, -0.05) is 12.1 Å². The first-order valence-electron chi connectivity index (χ1n) is 8.31. The Balaban J connectivity index is 1.43. The predicted octanol–water partition coefficient (Wildman–Crippen LogP) is 1.93. The molecule has 0 bridgehead atoms. The highest BCUT2D eigenvalue weighted by Crippen LogP contribution is 2.31. The standard InChI is InChI=1S/C19H18N2O5/c1-21(9-13-10-24-15-4-2-3-5-16(15)26-13)19(23)12-6-7-14-17(8-12)25-11-18(22)20-14/h2-8,13H,9-11H2,1H3,(H,20,22)/t13-/m0/s1. The first-order chi connectivity index (χ1) is 12.6. The minimum Gasteiger partial charge on any atom is -0.486 e. The molecule has 0 spiro atoms. The summed E-state index contributed by atoms with van der Waals surface area (Å²) in [5.74, 6) is 1.53. The third-order valence-corrected chi connectivity index (χ3v) is 4.25. The molecule has 1 N–H and O–H groups in total. The zero-order valence-corrected chi connectivity index (χ0v) is 14.2. The van der Waals surface area contributed by atoms with Crippen LogP contribution in [0.1, 0.15) is 10.4 Å². The number of hydrogen-bond donors (Lipinski definition) is 1. The summed E-state index contributed by atoms with van der Waals surface area (Å²) < 4.78 is 17.0. The highest BCUT2D eigenvalue weighted by Gasteiger charge is 2.25. The van der Waals surface area contributed by atoms with E-state index in [1.54, 1.807) is 30.1 Å². The fourth-order valence-corrected chi connectivity index (χ4v) is 2.97. The SMILES string of the molecule is CN(C[C@H]1COc2ccccc2O1)C(=O)c1ccc2c(c1)OCC(=O)N2. The van der Waals surface area contributed by atoms with Crippen LogP contribution in [0.3, 0.4) is 0 Å². The van der Waals surface area contributed by atoms with Gasteiger partial charge in [0, 0.05) is 12.6 Å². The van der Waals surface area contributed by atoms with Gasteiger partial charge in [-0.05, 0) is 30.3 Å². The van der Waals surface area contributed by atoms with Crippen molar-refractivity contribution in [1.82, 2.24) is 4.90 Å². The van der Waals surface area contributed by atoms with Crippen LogP contribution in [0.4, 0.5) is 5.69 Å². The number of benzene rings is 2. The van der Waals surface area contributed by atoms with Gasteiger partial charge in [0.15, 0.2) is 24.2 Å². The molecule has 2 heterocycles. The van der Waals surface area contributed by atoms with Gasteiger partial charge in [-0.3, -0.25) is 9.59 Å². The number of likely N-dealkylation sites (N-methyl/N-ethyl adjacent to an activating group) is 1. The number of para-hydroxylation sites is 2. The summed E-state index contributed by atoms with van der Waals surface area (Å²) in [5, 5.41) is 2.70. The average Bonchev–Trinajstić information content (AvgIpc) is 2.67. The van der Waals surface area contributed by atoms with E-state index in [2.05, 4.69) is 5.32 Å². The molecule has 4 rings (SSSR count). The number of carbonyl (C=O) groups excluding carboxylic acids is 2. The zero-order valence-electron chi connectivity index (χ0n) is 14.2. The van der Waals surface area contributed by atoms with Crippen molar-refractivity contribution in [2.45, 2.75) is 6.10 Å². The molecule has 0 fully saturated rings. The molecule has 2 aliphatic heterocycles. The van der Waals surface area contributed by atoms with E-state index >= 15 is 0 Å². The van der Waals surface area contributed by atoms with Crippen molar-refractivity contribution < 1.29 is 23.8 Å². The lowest BCUT2D eigenvalue weighted by Crippen LogP contribution is -2.41. The molecule has 2 aliphatic rings. The van der Waals surface area contributed by atoms with Gasteiger partial charge in [-0.2, -0.15) is 0 Å². The Kier molecular flexibility index (Phi) is 4.12. The van der Waals surface area contributed by atoms with Crippen LogP contribution >= 0.6 is 0 Å². The van der Waals surface area contributed by atoms with Crippen LogP contribution in [0.2, 0.25) is 0 Å². The van der Waals surface area contributed by atoms with Gasteiger partial charge in [-0.25, -0.2) is 0 Å². The van der Waals surface area contributed by atoms with E-state index in [9.17, 15) is 9.59 Å². The fraction of sp³-hybridized carbons (Fsp3) is 0.263. The molecule has 0 saturated heterocycles. The number of ether oxygens (including phenoxy) is 3. The van der Waals surface area contributed by atoms with Gasteiger partial charge in [0.1, 0.15) is 12.4 Å². The van der Waals surface area contributed by atoms with Gasteiger partial charge >= 0.3 is 0 Å². The van der Waals surface area contributed by atoms with E-state index in [4.69, 9.17) is 14.2 Å². The third kappa shape index (κ3) is 3.15. The third-order valence-electron chi connectivity index (χ3n) is 4.25. The number of rotatable bonds is 3. The predicted molar refractivity (Wildman–Crippen MR) is 93.9 cm³/mol. The summed E-state index contributed by atoms with van der Waals surface area (Å²) in [6, 6.07) is 12.4. The van der Waals surface area contributed by atoms with Gasteiger partial charge in [0.2, 0.25) is 0 Å². The first-order valence-corrected chi connectivity index (χ1v) is 8.31. The van der Waals surface area contributed by atoms with Crippen LogP contribution in [0, 0.1) is 0 Å². The van der Waals surface area contributed by atoms with Crippen LogP contribution in [-0.4, -0.2) is 49.6 Å². The monoisotopic (exact) mass is 354 g/mol. The maximum atomic E-state index is 12.7. The molecule has 2 aromatic carbocycles. The number of carbonyl (C=O) groups is 2. The molecule has 7 nitrogen and oxygen atoms in total. The van der Waals surface area contributed by atoms with E-state index < -0.39 is 0 Å². The van der Waals surface area contributed by atoms with Crippen molar-refractivity contribution in [3.05, 3.63) is 48.0 Å². The summed E-state index contributed by atoms with van der Waals surface area (Å²) in [4.78, 5) is 25.6. The Morgan fingerprint density at radius 3 is 2.81 bits per heavy atom. The maximum absolute atomic E-state index is 12.7. The number of amides is 2. The number of fused-ring (bicyclic) bond motifs is 2. The Labute approximate surface area is 150 Å². The zero-order chi connectivity index (χ0) is 18.1. The van der Waals surface area contributed by atoms with E-state index in [1.807, 2.05) is 24.3 Å². The van der Waals surface area contributed by atoms with Crippen molar-refractivity contribution in [3.63, 3.8) is 0 Å². The van der Waals surface area contributed by atoms with Crippen molar-refractivity contribution in [1.29, 1.82) is 0 Å². The number of nitrogens with one attached hydrogen (secondary N) is 1. The highest BCUT2D eigenvalue weighted by atomic mass is 16.6. The molecule has 0 unspecified atom stereocenters. The van der Waals surface area contributed by atoms with Crippen molar-refractivity contribution in [3.8, 4) is 17.2 Å². The number of nitrogens with zero attached hydrogens (tertiary/aromatic N) is 1. The molecule has 0 aromatic heterocycles. The molecule has 134 valence electrons. The van der Waals surface area contributed by atoms with Crippen LogP contribution in [0.25, 0.3) is 0 Å². The smallest absolute Gasteiger partial charge is 0.262 e. The summed E-state index contributed by atoms with van der Waals surface area (Å²) >= 11 is 0.